The molecule has 124 valence electrons. The molecule has 1 aromatic rings. The summed E-state index contributed by atoms with van der Waals surface area (Å²) in [6.45, 7) is 3.26. The van der Waals surface area contributed by atoms with Gasteiger partial charge in [0.05, 0.1) is 22.3 Å². The Hall–Kier alpha value is -3.04. The molecule has 0 saturated heterocycles. The number of ether oxygens (including phenoxy) is 1. The molecule has 0 aliphatic rings. The predicted molar refractivity (Wildman–Crippen MR) is 76.0 cm³/mol. The molecule has 0 saturated carbocycles. The van der Waals surface area contributed by atoms with Crippen LogP contribution in [0.15, 0.2) is 18.2 Å². The van der Waals surface area contributed by atoms with Crippen molar-refractivity contribution in [3.63, 3.8) is 0 Å². The van der Waals surface area contributed by atoms with Crippen LogP contribution in [0, 0.1) is 26.1 Å². The van der Waals surface area contributed by atoms with Crippen LogP contribution in [0.2, 0.25) is 0 Å². The number of aliphatic carboxylic acids is 1. The van der Waals surface area contributed by atoms with E-state index in [-0.39, 0.29) is 5.92 Å². The molecule has 0 aliphatic heterocycles. The van der Waals surface area contributed by atoms with Gasteiger partial charge in [-0.2, -0.15) is 0 Å². The molecule has 0 radical (unpaired) electrons. The molecule has 0 bridgehead atoms. The second-order valence-electron chi connectivity index (χ2n) is 5.00. The van der Waals surface area contributed by atoms with Gasteiger partial charge in [-0.25, -0.2) is 4.79 Å². The van der Waals surface area contributed by atoms with E-state index < -0.39 is 51.2 Å². The van der Waals surface area contributed by atoms with Crippen molar-refractivity contribution >= 4 is 23.3 Å². The number of non-ortho nitro benzene ring substituents is 1. The molecule has 0 amide bonds. The van der Waals surface area contributed by atoms with Crippen molar-refractivity contribution in [2.24, 2.45) is 5.92 Å². The highest BCUT2D eigenvalue weighted by Gasteiger charge is 2.28. The van der Waals surface area contributed by atoms with Crippen LogP contribution < -0.4 is 0 Å². The Balaban J connectivity index is 3.13. The van der Waals surface area contributed by atoms with E-state index >= 15 is 0 Å². The summed E-state index contributed by atoms with van der Waals surface area (Å²) in [5.74, 6) is -2.62. The van der Waals surface area contributed by atoms with Crippen molar-refractivity contribution in [2.45, 2.75) is 26.4 Å². The lowest BCUT2D eigenvalue weighted by Gasteiger charge is -2.19. The molecule has 1 aromatic carbocycles. The van der Waals surface area contributed by atoms with Gasteiger partial charge in [-0.05, 0) is 12.0 Å². The van der Waals surface area contributed by atoms with Crippen molar-refractivity contribution < 1.29 is 29.3 Å². The van der Waals surface area contributed by atoms with Crippen molar-refractivity contribution in [3.05, 3.63) is 44.0 Å². The van der Waals surface area contributed by atoms with Gasteiger partial charge in [0.1, 0.15) is 11.7 Å². The minimum atomic E-state index is -1.19. The molecule has 0 fully saturated rings. The van der Waals surface area contributed by atoms with E-state index in [1.807, 2.05) is 0 Å². The summed E-state index contributed by atoms with van der Waals surface area (Å²) in [6, 6.07) is 2.50. The Morgan fingerprint density at radius 3 is 2.26 bits per heavy atom. The number of hydrogen-bond donors (Lipinski definition) is 1. The van der Waals surface area contributed by atoms with Gasteiger partial charge in [0.2, 0.25) is 0 Å². The maximum Gasteiger partial charge on any atom is 0.345 e. The summed E-state index contributed by atoms with van der Waals surface area (Å²) in [5.41, 5.74) is -1.79. The van der Waals surface area contributed by atoms with E-state index in [0.29, 0.717) is 6.07 Å². The molecule has 1 atom stereocenters. The van der Waals surface area contributed by atoms with Crippen LogP contribution in [0.5, 0.6) is 0 Å². The van der Waals surface area contributed by atoms with Crippen LogP contribution in [0.1, 0.15) is 30.6 Å². The first-order chi connectivity index (χ1) is 10.6. The summed E-state index contributed by atoms with van der Waals surface area (Å²) < 4.78 is 5.01. The lowest BCUT2D eigenvalue weighted by Crippen LogP contribution is -2.27. The smallest absolute Gasteiger partial charge is 0.345 e. The highest BCUT2D eigenvalue weighted by molar-refractivity contribution is 5.94. The second kappa shape index (κ2) is 7.29. The molecule has 0 heterocycles. The normalized spacial score (nSPS) is 11.8. The maximum atomic E-state index is 12.1. The zero-order valence-corrected chi connectivity index (χ0v) is 12.3. The van der Waals surface area contributed by atoms with Crippen LogP contribution in [0.3, 0.4) is 0 Å². The van der Waals surface area contributed by atoms with Gasteiger partial charge >= 0.3 is 11.9 Å². The van der Waals surface area contributed by atoms with E-state index in [9.17, 15) is 29.8 Å². The third-order valence-corrected chi connectivity index (χ3v) is 2.99. The third kappa shape index (κ3) is 4.73. The van der Waals surface area contributed by atoms with E-state index in [1.165, 1.54) is 0 Å². The topological polar surface area (TPSA) is 150 Å². The SMILES string of the molecule is CC(C)C(CC(=O)O)OC(=O)c1ccc([N+](=O)[O-])cc1[N+](=O)[O-]. The first kappa shape index (κ1) is 18.0. The van der Waals surface area contributed by atoms with Crippen LogP contribution >= 0.6 is 0 Å². The fraction of sp³-hybridized carbons (Fsp3) is 0.385. The standard InChI is InChI=1S/C13H14N2O8/c1-7(2)11(6-12(16)17)23-13(18)9-4-3-8(14(19)20)5-10(9)15(21)22/h3-5,7,11H,6H2,1-2H3,(H,16,17). The minimum absolute atomic E-state index is 0.327. The van der Waals surface area contributed by atoms with E-state index in [2.05, 4.69) is 0 Å². The van der Waals surface area contributed by atoms with Gasteiger partial charge in [0.15, 0.2) is 0 Å². The van der Waals surface area contributed by atoms with Crippen molar-refractivity contribution in [3.8, 4) is 0 Å². The Labute approximate surface area is 130 Å². The molecule has 10 heteroatoms. The number of carboxylic acids is 1. The zero-order valence-electron chi connectivity index (χ0n) is 12.3. The third-order valence-electron chi connectivity index (χ3n) is 2.99. The van der Waals surface area contributed by atoms with Crippen molar-refractivity contribution in [1.82, 2.24) is 0 Å². The predicted octanol–water partition coefficient (Wildman–Crippen LogP) is 2.16. The molecule has 23 heavy (non-hydrogen) atoms. The average molecular weight is 326 g/mol. The van der Waals surface area contributed by atoms with Crippen molar-refractivity contribution in [2.75, 3.05) is 0 Å². The summed E-state index contributed by atoms with van der Waals surface area (Å²) >= 11 is 0. The van der Waals surface area contributed by atoms with Gasteiger partial charge in [0.25, 0.3) is 11.4 Å². The number of carbonyl (C=O) groups excluding carboxylic acids is 1. The zero-order chi connectivity index (χ0) is 17.7. The highest BCUT2D eigenvalue weighted by atomic mass is 16.6. The number of rotatable bonds is 7. The average Bonchev–Trinajstić information content (AvgIpc) is 2.44. The van der Waals surface area contributed by atoms with E-state index in [1.54, 1.807) is 13.8 Å². The van der Waals surface area contributed by atoms with Gasteiger partial charge in [-0.3, -0.25) is 25.0 Å². The van der Waals surface area contributed by atoms with E-state index in [4.69, 9.17) is 9.84 Å². The summed E-state index contributed by atoms with van der Waals surface area (Å²) in [6.07, 6.45) is -1.43. The monoisotopic (exact) mass is 326 g/mol. The largest absolute Gasteiger partial charge is 0.481 e. The molecular weight excluding hydrogens is 312 g/mol. The second-order valence-corrected chi connectivity index (χ2v) is 5.00. The number of benzene rings is 1. The molecule has 10 nitrogen and oxygen atoms in total. The lowest BCUT2D eigenvalue weighted by atomic mass is 10.0. The van der Waals surface area contributed by atoms with Crippen molar-refractivity contribution in [1.29, 1.82) is 0 Å². The summed E-state index contributed by atoms with van der Waals surface area (Å²) in [4.78, 5) is 42.7. The quantitative estimate of drug-likeness (QED) is 0.455. The number of nitro benzene ring substituents is 2. The molecule has 1 unspecified atom stereocenters. The molecule has 0 aromatic heterocycles. The number of esters is 1. The molecule has 0 spiro atoms. The van der Waals surface area contributed by atoms with Crippen LogP contribution in [0.25, 0.3) is 0 Å². The highest BCUT2D eigenvalue weighted by Crippen LogP contribution is 2.26. The van der Waals surface area contributed by atoms with Gasteiger partial charge in [0, 0.05) is 6.07 Å². The summed E-state index contributed by atoms with van der Waals surface area (Å²) in [5, 5.41) is 30.4. The number of carboxylic acid groups (broad SMARTS) is 1. The van der Waals surface area contributed by atoms with Gasteiger partial charge in [-0.15, -0.1) is 0 Å². The van der Waals surface area contributed by atoms with E-state index in [0.717, 1.165) is 12.1 Å². The Bertz CT molecular complexity index is 655. The Morgan fingerprint density at radius 1 is 1.22 bits per heavy atom. The number of carbonyl (C=O) groups is 2. The Morgan fingerprint density at radius 2 is 1.83 bits per heavy atom. The fourth-order valence-electron chi connectivity index (χ4n) is 1.74. The van der Waals surface area contributed by atoms with Gasteiger partial charge in [-0.1, -0.05) is 13.8 Å². The Kier molecular flexibility index (Phi) is 5.71. The van der Waals surface area contributed by atoms with Crippen LogP contribution in [-0.4, -0.2) is 33.0 Å². The lowest BCUT2D eigenvalue weighted by molar-refractivity contribution is -0.394. The molecule has 0 aliphatic carbocycles. The first-order valence-electron chi connectivity index (χ1n) is 6.49. The fourth-order valence-corrected chi connectivity index (χ4v) is 1.74. The van der Waals surface area contributed by atoms with Gasteiger partial charge < -0.3 is 9.84 Å². The minimum Gasteiger partial charge on any atom is -0.481 e. The summed E-state index contributed by atoms with van der Waals surface area (Å²) in [7, 11) is 0. The maximum absolute atomic E-state index is 12.1. The molecule has 1 N–H and O–H groups in total. The number of nitro groups is 2. The number of nitrogens with zero attached hydrogens (tertiary/aromatic N) is 2. The molecule has 1 rings (SSSR count). The number of hydrogen-bond acceptors (Lipinski definition) is 7. The molecular formula is C13H14N2O8. The first-order valence-corrected chi connectivity index (χ1v) is 6.49. The van der Waals surface area contributed by atoms with Crippen LogP contribution in [-0.2, 0) is 9.53 Å². The van der Waals surface area contributed by atoms with Crippen LogP contribution in [0.4, 0.5) is 11.4 Å².